The highest BCUT2D eigenvalue weighted by molar-refractivity contribution is 6.71. The van der Waals surface area contributed by atoms with Crippen molar-refractivity contribution in [1.82, 2.24) is 4.90 Å². The molecule has 0 bridgehead atoms. The summed E-state index contributed by atoms with van der Waals surface area (Å²) in [6, 6.07) is 1.15. The molecule has 0 aromatic heterocycles. The Bertz CT molecular complexity index is 342. The molecule has 0 spiro atoms. The minimum absolute atomic E-state index is 0.0693. The molecule has 0 aliphatic carbocycles. The molecule has 1 rings (SSSR count). The van der Waals surface area contributed by atoms with Gasteiger partial charge >= 0.3 is 0 Å². The number of carbonyl (C=O) groups is 1. The van der Waals surface area contributed by atoms with Crippen LogP contribution in [-0.2, 0) is 13.6 Å². The van der Waals surface area contributed by atoms with E-state index in [4.69, 9.17) is 8.85 Å². The predicted molar refractivity (Wildman–Crippen MR) is 87.4 cm³/mol. The first-order valence-electron chi connectivity index (χ1n) is 7.72. The van der Waals surface area contributed by atoms with Crippen molar-refractivity contribution in [2.45, 2.75) is 84.3 Å². The molecule has 1 fully saturated rings. The molecule has 0 radical (unpaired) electrons. The molecule has 0 aromatic carbocycles. The fourth-order valence-corrected chi connectivity index (χ4v) is 5.90. The molecule has 1 saturated heterocycles. The van der Waals surface area contributed by atoms with Crippen molar-refractivity contribution in [3.05, 3.63) is 0 Å². The van der Waals surface area contributed by atoms with Crippen LogP contribution < -0.4 is 0 Å². The van der Waals surface area contributed by atoms with Gasteiger partial charge in [-0.05, 0) is 45.7 Å². The van der Waals surface area contributed by atoms with Crippen molar-refractivity contribution >= 4 is 22.5 Å². The van der Waals surface area contributed by atoms with Crippen LogP contribution >= 0.6 is 0 Å². The van der Waals surface area contributed by atoms with Crippen molar-refractivity contribution in [2.75, 3.05) is 0 Å². The van der Waals surface area contributed by atoms with Crippen LogP contribution in [0.3, 0.4) is 0 Å². The first-order valence-corrected chi connectivity index (χ1v) is 14.2. The summed E-state index contributed by atoms with van der Waals surface area (Å²) in [5, 5.41) is 0. The van der Waals surface area contributed by atoms with E-state index in [0.29, 0.717) is 6.42 Å². The van der Waals surface area contributed by atoms with Crippen LogP contribution in [0.15, 0.2) is 0 Å². The molecule has 2 atom stereocenters. The van der Waals surface area contributed by atoms with Crippen LogP contribution in [0.25, 0.3) is 0 Å². The van der Waals surface area contributed by atoms with Crippen molar-refractivity contribution < 1.29 is 13.6 Å². The fourth-order valence-electron chi connectivity index (χ4n) is 2.52. The lowest BCUT2D eigenvalue weighted by Gasteiger charge is -2.47. The number of hydrogen-bond donors (Lipinski definition) is 0. The number of hydrogen-bond acceptors (Lipinski definition) is 3. The normalized spacial score (nSPS) is 21.9. The lowest BCUT2D eigenvalue weighted by molar-refractivity contribution is -0.180. The second-order valence-corrected chi connectivity index (χ2v) is 16.0. The maximum Gasteiger partial charge on any atom is 0.231 e. The average molecular weight is 318 g/mol. The zero-order chi connectivity index (χ0) is 15.6. The van der Waals surface area contributed by atoms with Gasteiger partial charge in [-0.2, -0.15) is 0 Å². The lowest BCUT2D eigenvalue weighted by atomic mass is 10.1. The molecule has 4 nitrogen and oxygen atoms in total. The van der Waals surface area contributed by atoms with E-state index in [-0.39, 0.29) is 18.4 Å². The number of unbranched alkanes of at least 4 members (excludes halogenated alkanes) is 1. The quantitative estimate of drug-likeness (QED) is 0.505. The Morgan fingerprint density at radius 2 is 1.90 bits per heavy atom. The van der Waals surface area contributed by atoms with E-state index in [1.165, 1.54) is 12.8 Å². The topological polar surface area (TPSA) is 38.8 Å². The second-order valence-electron chi connectivity index (χ2n) is 7.27. The van der Waals surface area contributed by atoms with Crippen molar-refractivity contribution in [3.8, 4) is 0 Å². The molecule has 0 aromatic rings. The highest BCUT2D eigenvalue weighted by Crippen LogP contribution is 2.29. The van der Waals surface area contributed by atoms with E-state index in [9.17, 15) is 4.79 Å². The van der Waals surface area contributed by atoms with Crippen LogP contribution in [0.4, 0.5) is 0 Å². The van der Waals surface area contributed by atoms with Crippen LogP contribution in [0.2, 0.25) is 38.8 Å². The van der Waals surface area contributed by atoms with E-state index < -0.39 is 16.6 Å². The SMILES string of the molecule is CCCC[Si](C)(C)OC(C)N1C(=O)CC1O[Si](C)(C)C. The Morgan fingerprint density at radius 1 is 1.30 bits per heavy atom. The van der Waals surface area contributed by atoms with Gasteiger partial charge in [0.25, 0.3) is 0 Å². The number of carbonyl (C=O) groups excluding carboxylic acids is 1. The fraction of sp³-hybridized carbons (Fsp3) is 0.929. The summed E-state index contributed by atoms with van der Waals surface area (Å²) in [4.78, 5) is 13.7. The number of β-lactam (4-membered cyclic amide) rings is 1. The minimum atomic E-state index is -1.69. The third-order valence-electron chi connectivity index (χ3n) is 3.45. The Kier molecular flexibility index (Phi) is 6.01. The van der Waals surface area contributed by atoms with Crippen LogP contribution in [0, 0.1) is 0 Å². The molecule has 0 saturated carbocycles. The highest BCUT2D eigenvalue weighted by Gasteiger charge is 2.43. The first-order chi connectivity index (χ1) is 9.06. The zero-order valence-corrected chi connectivity index (χ0v) is 16.2. The van der Waals surface area contributed by atoms with Gasteiger partial charge < -0.3 is 8.85 Å². The highest BCUT2D eigenvalue weighted by atomic mass is 28.4. The maximum atomic E-state index is 11.9. The average Bonchev–Trinajstić information content (AvgIpc) is 2.22. The molecule has 1 aliphatic rings. The summed E-state index contributed by atoms with van der Waals surface area (Å²) >= 11 is 0. The molecule has 1 aliphatic heterocycles. The van der Waals surface area contributed by atoms with Crippen molar-refractivity contribution in [3.63, 3.8) is 0 Å². The van der Waals surface area contributed by atoms with Gasteiger partial charge in [0.05, 0.1) is 6.42 Å². The van der Waals surface area contributed by atoms with Crippen molar-refractivity contribution in [2.24, 2.45) is 0 Å². The number of rotatable bonds is 8. The molecule has 6 heteroatoms. The molecule has 2 unspecified atom stereocenters. The second kappa shape index (κ2) is 6.72. The Labute approximate surface area is 126 Å². The van der Waals surface area contributed by atoms with Gasteiger partial charge in [-0.3, -0.25) is 9.69 Å². The van der Waals surface area contributed by atoms with Gasteiger partial charge in [-0.25, -0.2) is 0 Å². The van der Waals surface area contributed by atoms with Crippen LogP contribution in [-0.4, -0.2) is 39.9 Å². The molecular weight excluding hydrogens is 286 g/mol. The number of nitrogens with zero attached hydrogens (tertiary/aromatic N) is 1. The Hall–Kier alpha value is -0.176. The summed E-state index contributed by atoms with van der Waals surface area (Å²) in [7, 11) is -3.31. The van der Waals surface area contributed by atoms with Gasteiger partial charge in [0.1, 0.15) is 12.5 Å². The van der Waals surface area contributed by atoms with Gasteiger partial charge in [0.15, 0.2) is 16.6 Å². The predicted octanol–water partition coefficient (Wildman–Crippen LogP) is 3.76. The number of amides is 1. The Balaban J connectivity index is 2.56. The molecule has 1 amide bonds. The molecule has 118 valence electrons. The van der Waals surface area contributed by atoms with Gasteiger partial charge in [0, 0.05) is 0 Å². The third kappa shape index (κ3) is 5.31. The minimum Gasteiger partial charge on any atom is -0.398 e. The van der Waals surface area contributed by atoms with Gasteiger partial charge in [-0.15, -0.1) is 0 Å². The van der Waals surface area contributed by atoms with E-state index in [1.54, 1.807) is 4.90 Å². The van der Waals surface area contributed by atoms with E-state index >= 15 is 0 Å². The lowest BCUT2D eigenvalue weighted by Crippen LogP contribution is -2.62. The zero-order valence-electron chi connectivity index (χ0n) is 14.2. The number of likely N-dealkylation sites (tertiary alicyclic amines) is 1. The smallest absolute Gasteiger partial charge is 0.231 e. The third-order valence-corrected chi connectivity index (χ3v) is 6.97. The summed E-state index contributed by atoms with van der Waals surface area (Å²) in [6.45, 7) is 15.1. The van der Waals surface area contributed by atoms with Gasteiger partial charge in [0.2, 0.25) is 5.91 Å². The molecule has 20 heavy (non-hydrogen) atoms. The monoisotopic (exact) mass is 317 g/mol. The van der Waals surface area contributed by atoms with E-state index in [1.807, 2.05) is 6.92 Å². The van der Waals surface area contributed by atoms with Crippen molar-refractivity contribution in [1.29, 1.82) is 0 Å². The van der Waals surface area contributed by atoms with E-state index in [0.717, 1.165) is 6.04 Å². The first kappa shape index (κ1) is 17.9. The largest absolute Gasteiger partial charge is 0.398 e. The summed E-state index contributed by atoms with van der Waals surface area (Å²) < 4.78 is 12.3. The molecule has 0 N–H and O–H groups in total. The van der Waals surface area contributed by atoms with E-state index in [2.05, 4.69) is 39.7 Å². The van der Waals surface area contributed by atoms with Crippen LogP contribution in [0.1, 0.15) is 33.1 Å². The standard InChI is InChI=1S/C14H31NO3Si2/c1-8-9-10-20(6,7)17-12(2)15-13(16)11-14(15)18-19(3,4)5/h12,14H,8-11H2,1-7H3. The summed E-state index contributed by atoms with van der Waals surface area (Å²) in [5.74, 6) is 0.154. The molecule has 1 heterocycles. The Morgan fingerprint density at radius 3 is 2.35 bits per heavy atom. The maximum absolute atomic E-state index is 11.9. The molecular formula is C14H31NO3Si2. The summed E-state index contributed by atoms with van der Waals surface area (Å²) in [5.41, 5.74) is 0. The van der Waals surface area contributed by atoms with Crippen LogP contribution in [0.5, 0.6) is 0 Å². The van der Waals surface area contributed by atoms with Gasteiger partial charge in [-0.1, -0.05) is 19.8 Å². The summed E-state index contributed by atoms with van der Waals surface area (Å²) in [6.07, 6.45) is 2.68.